The van der Waals surface area contributed by atoms with Crippen LogP contribution < -0.4 is 10.6 Å². The largest absolute Gasteiger partial charge is 0.391 e. The Bertz CT molecular complexity index is 967. The molecule has 0 aliphatic heterocycles. The predicted molar refractivity (Wildman–Crippen MR) is 145 cm³/mol. The topological polar surface area (TPSA) is 131 Å². The first kappa shape index (κ1) is 30.9. The summed E-state index contributed by atoms with van der Waals surface area (Å²) in [4.78, 5) is 25.4. The maximum absolute atomic E-state index is 13.8. The molecular weight excluding hydrogens is 551 g/mol. The molecule has 0 saturated heterocycles. The third-order valence-corrected chi connectivity index (χ3v) is 12.2. The molecule has 0 aromatic carbocycles. The molecule has 5 aliphatic rings. The molecular formula is C27H44ClFN2O7S. The summed E-state index contributed by atoms with van der Waals surface area (Å²) in [6.07, 6.45) is 4.54. The van der Waals surface area contributed by atoms with E-state index in [-0.39, 0.29) is 54.7 Å². The average molecular weight is 595 g/mol. The maximum atomic E-state index is 13.8. The second kappa shape index (κ2) is 12.9. The van der Waals surface area contributed by atoms with Gasteiger partial charge in [-0.3, -0.25) is 9.59 Å². The van der Waals surface area contributed by atoms with Crippen LogP contribution in [0.4, 0.5) is 4.39 Å². The third-order valence-electron chi connectivity index (χ3n) is 9.28. The molecule has 9 nitrogen and oxygen atoms in total. The van der Waals surface area contributed by atoms with E-state index < -0.39 is 38.6 Å². The van der Waals surface area contributed by atoms with Gasteiger partial charge in [0.25, 0.3) is 0 Å². The standard InChI is InChI=1S/C27H44ClFN2O7S/c1-2-13-39(35,36)20-6-3-18(4-7-20)37-16-24(33)30-26-9-11-27(12-10-26,23(32)15-26)31-25(34)17-38-19-5-8-21(28)22(29)14-19/h18-23,32H,2-17H2,1H3,(H,30,33)(H,31,34)/t18?,19?,20?,21?,22?,23-,26?,27?/m0/s1. The van der Waals surface area contributed by atoms with Crippen LogP contribution in [-0.2, 0) is 28.9 Å². The molecule has 2 amide bonds. The van der Waals surface area contributed by atoms with E-state index in [2.05, 4.69) is 10.6 Å². The van der Waals surface area contributed by atoms with Crippen LogP contribution in [0, 0.1) is 0 Å². The lowest BCUT2D eigenvalue weighted by Gasteiger charge is -2.56. The highest BCUT2D eigenvalue weighted by molar-refractivity contribution is 7.92. The third kappa shape index (κ3) is 7.64. The molecule has 39 heavy (non-hydrogen) atoms. The number of aliphatic hydroxyl groups is 1. The molecule has 0 spiro atoms. The van der Waals surface area contributed by atoms with Crippen molar-refractivity contribution in [3.8, 4) is 0 Å². The molecule has 2 bridgehead atoms. The number of carbonyl (C=O) groups is 2. The van der Waals surface area contributed by atoms with E-state index >= 15 is 0 Å². The monoisotopic (exact) mass is 594 g/mol. The number of carbonyl (C=O) groups excluding carboxylic acids is 2. The van der Waals surface area contributed by atoms with Crippen molar-refractivity contribution < 1.29 is 37.0 Å². The molecule has 5 fully saturated rings. The summed E-state index contributed by atoms with van der Waals surface area (Å²) in [5.74, 6) is -0.358. The average Bonchev–Trinajstić information content (AvgIpc) is 2.89. The van der Waals surface area contributed by atoms with Gasteiger partial charge in [0.05, 0.1) is 40.2 Å². The Hall–Kier alpha value is -1.01. The van der Waals surface area contributed by atoms with Gasteiger partial charge in [-0.2, -0.15) is 0 Å². The minimum Gasteiger partial charge on any atom is -0.391 e. The number of halogens is 2. The number of rotatable bonds is 11. The molecule has 0 aromatic heterocycles. The molecule has 5 rings (SSSR count). The number of nitrogens with one attached hydrogen (secondary N) is 2. The van der Waals surface area contributed by atoms with Crippen LogP contribution in [-0.4, -0.2) is 90.5 Å². The van der Waals surface area contributed by atoms with Gasteiger partial charge in [-0.15, -0.1) is 11.6 Å². The van der Waals surface area contributed by atoms with Crippen molar-refractivity contribution in [2.75, 3.05) is 19.0 Å². The number of alkyl halides is 2. The summed E-state index contributed by atoms with van der Waals surface area (Å²) in [7, 11) is -3.05. The van der Waals surface area contributed by atoms with E-state index in [4.69, 9.17) is 21.1 Å². The van der Waals surface area contributed by atoms with E-state index in [1.54, 1.807) is 0 Å². The first-order valence-corrected chi connectivity index (χ1v) is 16.6. The molecule has 224 valence electrons. The van der Waals surface area contributed by atoms with Crippen molar-refractivity contribution >= 4 is 33.3 Å². The summed E-state index contributed by atoms with van der Waals surface area (Å²) in [6, 6.07) is 0. The number of aliphatic hydroxyl groups excluding tert-OH is 1. The summed E-state index contributed by atoms with van der Waals surface area (Å²) >= 11 is 5.92. The molecule has 3 N–H and O–H groups in total. The number of hydrogen-bond acceptors (Lipinski definition) is 7. The van der Waals surface area contributed by atoms with Gasteiger partial charge in [0.2, 0.25) is 11.8 Å². The van der Waals surface area contributed by atoms with E-state index in [9.17, 15) is 27.5 Å². The zero-order valence-electron chi connectivity index (χ0n) is 22.8. The fourth-order valence-corrected chi connectivity index (χ4v) is 9.02. The lowest BCUT2D eigenvalue weighted by molar-refractivity contribution is -0.142. The molecule has 5 saturated carbocycles. The Morgan fingerprint density at radius 3 is 2.13 bits per heavy atom. The SMILES string of the molecule is CCCS(=O)(=O)C1CCC(OCC(=O)NC23CCC(NC(=O)COC4CCC(Cl)C(F)C4)(CC2)[C@@H](O)C3)CC1. The van der Waals surface area contributed by atoms with Crippen molar-refractivity contribution in [3.05, 3.63) is 0 Å². The van der Waals surface area contributed by atoms with Gasteiger partial charge in [0.15, 0.2) is 9.84 Å². The Balaban J connectivity index is 1.18. The highest BCUT2D eigenvalue weighted by atomic mass is 35.5. The van der Waals surface area contributed by atoms with Crippen LogP contribution >= 0.6 is 11.6 Å². The minimum absolute atomic E-state index is 0.0977. The summed E-state index contributed by atoms with van der Waals surface area (Å²) < 4.78 is 49.9. The second-order valence-corrected chi connectivity index (χ2v) is 15.1. The van der Waals surface area contributed by atoms with Gasteiger partial charge < -0.3 is 25.2 Å². The molecule has 4 atom stereocenters. The zero-order valence-corrected chi connectivity index (χ0v) is 24.4. The van der Waals surface area contributed by atoms with Crippen LogP contribution in [0.5, 0.6) is 0 Å². The Kier molecular flexibility index (Phi) is 10.2. The Morgan fingerprint density at radius 2 is 1.54 bits per heavy atom. The lowest BCUT2D eigenvalue weighted by atomic mass is 9.60. The number of amides is 2. The smallest absolute Gasteiger partial charge is 0.246 e. The van der Waals surface area contributed by atoms with Crippen molar-refractivity contribution in [2.45, 2.75) is 137 Å². The second-order valence-electron chi connectivity index (χ2n) is 12.1. The van der Waals surface area contributed by atoms with Gasteiger partial charge in [-0.1, -0.05) is 6.92 Å². The molecule has 0 aromatic rings. The van der Waals surface area contributed by atoms with Crippen LogP contribution in [0.25, 0.3) is 0 Å². The molecule has 0 heterocycles. The highest BCUT2D eigenvalue weighted by Crippen LogP contribution is 2.47. The number of sulfone groups is 1. The quantitative estimate of drug-likeness (QED) is 0.314. The van der Waals surface area contributed by atoms with Crippen LogP contribution in [0.1, 0.15) is 90.4 Å². The number of hydrogen-bond donors (Lipinski definition) is 3. The fourth-order valence-electron chi connectivity index (χ4n) is 6.90. The molecule has 0 radical (unpaired) electrons. The molecule has 12 heteroatoms. The van der Waals surface area contributed by atoms with Gasteiger partial charge in [0.1, 0.15) is 19.4 Å². The minimum atomic E-state index is -3.05. The first-order chi connectivity index (χ1) is 18.5. The lowest BCUT2D eigenvalue weighted by Crippen LogP contribution is -2.70. The normalized spacial score (nSPS) is 38.8. The van der Waals surface area contributed by atoms with E-state index in [1.165, 1.54) is 0 Å². The maximum Gasteiger partial charge on any atom is 0.246 e. The first-order valence-electron chi connectivity index (χ1n) is 14.5. The van der Waals surface area contributed by atoms with E-state index in [0.717, 1.165) is 0 Å². The predicted octanol–water partition coefficient (Wildman–Crippen LogP) is 2.70. The van der Waals surface area contributed by atoms with Crippen LogP contribution in [0.15, 0.2) is 0 Å². The van der Waals surface area contributed by atoms with Crippen LogP contribution in [0.3, 0.4) is 0 Å². The van der Waals surface area contributed by atoms with Crippen molar-refractivity contribution in [1.82, 2.24) is 10.6 Å². The summed E-state index contributed by atoms with van der Waals surface area (Å²) in [6.45, 7) is 1.58. The van der Waals surface area contributed by atoms with Crippen molar-refractivity contribution in [3.63, 3.8) is 0 Å². The fraction of sp³-hybridized carbons (Fsp3) is 0.926. The number of ether oxygens (including phenoxy) is 2. The van der Waals surface area contributed by atoms with Crippen molar-refractivity contribution in [2.24, 2.45) is 0 Å². The summed E-state index contributed by atoms with van der Waals surface area (Å²) in [5.41, 5.74) is -1.29. The van der Waals surface area contributed by atoms with E-state index in [1.807, 2.05) is 6.92 Å². The Labute approximate surface area is 236 Å². The van der Waals surface area contributed by atoms with Gasteiger partial charge in [-0.25, -0.2) is 12.8 Å². The highest BCUT2D eigenvalue weighted by Gasteiger charge is 2.55. The zero-order chi connectivity index (χ0) is 28.3. The van der Waals surface area contributed by atoms with Gasteiger partial charge in [0, 0.05) is 12.0 Å². The van der Waals surface area contributed by atoms with Gasteiger partial charge >= 0.3 is 0 Å². The summed E-state index contributed by atoms with van der Waals surface area (Å²) in [5, 5.41) is 16.2. The Morgan fingerprint density at radius 1 is 0.949 bits per heavy atom. The number of fused-ring (bicyclic) bond motifs is 3. The molecule has 3 unspecified atom stereocenters. The van der Waals surface area contributed by atoms with Crippen LogP contribution in [0.2, 0.25) is 0 Å². The molecule has 5 aliphatic carbocycles. The van der Waals surface area contributed by atoms with E-state index in [0.29, 0.717) is 77.0 Å². The van der Waals surface area contributed by atoms with Gasteiger partial charge in [-0.05, 0) is 77.0 Å². The van der Waals surface area contributed by atoms with Crippen molar-refractivity contribution in [1.29, 1.82) is 0 Å².